The minimum Gasteiger partial charge on any atom is -0.260 e. The van der Waals surface area contributed by atoms with Crippen molar-refractivity contribution < 1.29 is 0 Å². The monoisotopic (exact) mass is 199 g/mol. The van der Waals surface area contributed by atoms with Crippen molar-refractivity contribution >= 4 is 6.08 Å². The van der Waals surface area contributed by atoms with Crippen molar-refractivity contribution in [2.45, 2.75) is 13.8 Å². The van der Waals surface area contributed by atoms with Gasteiger partial charge in [-0.25, -0.2) is 0 Å². The van der Waals surface area contributed by atoms with E-state index in [1.165, 1.54) is 16.7 Å². The second-order valence-corrected chi connectivity index (χ2v) is 3.55. The first-order chi connectivity index (χ1) is 7.27. The van der Waals surface area contributed by atoms with Crippen LogP contribution in [0, 0.1) is 13.8 Å². The molecule has 1 aromatic carbocycles. The van der Waals surface area contributed by atoms with Crippen molar-refractivity contribution in [3.63, 3.8) is 0 Å². The molecule has 1 heterocycles. The summed E-state index contributed by atoms with van der Waals surface area (Å²) in [6.07, 6.45) is 5.66. The summed E-state index contributed by atoms with van der Waals surface area (Å²) in [5.41, 5.74) is 7.58. The van der Waals surface area contributed by atoms with Crippen LogP contribution < -0.4 is 5.43 Å². The minimum atomic E-state index is 0.961. The number of hydrogen-bond acceptors (Lipinski definition) is 3. The highest BCUT2D eigenvalue weighted by atomic mass is 15.4. The lowest BCUT2D eigenvalue weighted by Crippen LogP contribution is -2.04. The van der Waals surface area contributed by atoms with E-state index in [9.17, 15) is 0 Å². The fourth-order valence-electron chi connectivity index (χ4n) is 1.56. The number of nitrogens with one attached hydrogen (secondary N) is 1. The molecule has 3 heteroatoms. The Bertz CT molecular complexity index is 436. The van der Waals surface area contributed by atoms with Gasteiger partial charge in [-0.05, 0) is 42.7 Å². The summed E-state index contributed by atoms with van der Waals surface area (Å²) in [6.45, 7) is 4.21. The molecule has 1 aliphatic heterocycles. The molecule has 76 valence electrons. The van der Waals surface area contributed by atoms with Crippen LogP contribution in [0.3, 0.4) is 0 Å². The first-order valence-electron chi connectivity index (χ1n) is 4.88. The van der Waals surface area contributed by atoms with Gasteiger partial charge in [0.15, 0.2) is 0 Å². The normalized spacial score (nSPS) is 16.8. The Kier molecular flexibility index (Phi) is 2.63. The van der Waals surface area contributed by atoms with E-state index >= 15 is 0 Å². The second-order valence-electron chi connectivity index (χ2n) is 3.55. The van der Waals surface area contributed by atoms with Gasteiger partial charge in [0.2, 0.25) is 0 Å². The van der Waals surface area contributed by atoms with Gasteiger partial charge in [-0.2, -0.15) is 0 Å². The van der Waals surface area contributed by atoms with Crippen LogP contribution in [0.5, 0.6) is 0 Å². The molecule has 1 N–H and O–H groups in total. The average molecular weight is 199 g/mol. The Hall–Kier alpha value is -1.90. The van der Waals surface area contributed by atoms with Crippen molar-refractivity contribution in [1.82, 2.24) is 5.43 Å². The van der Waals surface area contributed by atoms with Gasteiger partial charge in [0.25, 0.3) is 0 Å². The van der Waals surface area contributed by atoms with Crippen LogP contribution in [0.2, 0.25) is 0 Å². The van der Waals surface area contributed by atoms with Crippen molar-refractivity contribution in [3.8, 4) is 0 Å². The van der Waals surface area contributed by atoms with Gasteiger partial charge in [-0.15, -0.1) is 5.11 Å². The third-order valence-electron chi connectivity index (χ3n) is 2.40. The molecule has 0 radical (unpaired) electrons. The quantitative estimate of drug-likeness (QED) is 0.741. The Balaban J connectivity index is 2.38. The second kappa shape index (κ2) is 4.09. The summed E-state index contributed by atoms with van der Waals surface area (Å²) < 4.78 is 0. The van der Waals surface area contributed by atoms with Crippen molar-refractivity contribution in [2.24, 2.45) is 10.3 Å². The maximum atomic E-state index is 3.73. The van der Waals surface area contributed by atoms with Gasteiger partial charge in [-0.1, -0.05) is 23.4 Å². The molecule has 0 atom stereocenters. The first kappa shape index (κ1) is 9.65. The number of benzene rings is 1. The number of rotatable bonds is 1. The zero-order chi connectivity index (χ0) is 10.7. The summed E-state index contributed by atoms with van der Waals surface area (Å²) in [6, 6.07) is 6.28. The molecule has 3 nitrogen and oxygen atoms in total. The molecule has 0 saturated carbocycles. The van der Waals surface area contributed by atoms with E-state index in [0.717, 1.165) is 5.70 Å². The summed E-state index contributed by atoms with van der Waals surface area (Å²) in [7, 11) is 0. The molecule has 1 aromatic rings. The van der Waals surface area contributed by atoms with Gasteiger partial charge < -0.3 is 0 Å². The Labute approximate surface area is 89.2 Å². The molecule has 1 aliphatic rings. The molecule has 0 unspecified atom stereocenters. The predicted octanol–water partition coefficient (Wildman–Crippen LogP) is 3.13. The van der Waals surface area contributed by atoms with Gasteiger partial charge in [0.05, 0.1) is 11.9 Å². The highest BCUT2D eigenvalue weighted by molar-refractivity contribution is 5.61. The van der Waals surface area contributed by atoms with Gasteiger partial charge in [0, 0.05) is 0 Å². The first-order valence-corrected chi connectivity index (χ1v) is 4.88. The van der Waals surface area contributed by atoms with Gasteiger partial charge >= 0.3 is 0 Å². The third kappa shape index (κ3) is 2.13. The zero-order valence-corrected chi connectivity index (χ0v) is 8.86. The summed E-state index contributed by atoms with van der Waals surface area (Å²) >= 11 is 0. The Morgan fingerprint density at radius 3 is 2.53 bits per heavy atom. The standard InChI is InChI=1S/C12H13N3/c1-9-4-3-5-10(2)12(9)8-11-6-7-13-15-14-11/h3-8H,1-2H3,(H,13,14). The highest BCUT2D eigenvalue weighted by Gasteiger charge is 2.01. The van der Waals surface area contributed by atoms with E-state index in [4.69, 9.17) is 0 Å². The summed E-state index contributed by atoms with van der Waals surface area (Å²) in [4.78, 5) is 0. The minimum absolute atomic E-state index is 0.961. The molecule has 2 rings (SSSR count). The van der Waals surface area contributed by atoms with Crippen LogP contribution in [-0.4, -0.2) is 0 Å². The largest absolute Gasteiger partial charge is 0.260 e. The lowest BCUT2D eigenvalue weighted by atomic mass is 10.0. The number of nitrogens with zero attached hydrogens (tertiary/aromatic N) is 2. The molecule has 0 aromatic heterocycles. The molecular formula is C12H13N3. The molecular weight excluding hydrogens is 186 g/mol. The molecule has 0 fully saturated rings. The van der Waals surface area contributed by atoms with E-state index in [1.54, 1.807) is 6.20 Å². The maximum Gasteiger partial charge on any atom is 0.0601 e. The van der Waals surface area contributed by atoms with E-state index < -0.39 is 0 Å². The van der Waals surface area contributed by atoms with Crippen LogP contribution in [0.4, 0.5) is 0 Å². The number of allylic oxidation sites excluding steroid dienone is 1. The Morgan fingerprint density at radius 2 is 1.93 bits per heavy atom. The molecule has 0 amide bonds. The zero-order valence-electron chi connectivity index (χ0n) is 8.86. The summed E-state index contributed by atoms with van der Waals surface area (Å²) in [5, 5.41) is 7.44. The van der Waals surface area contributed by atoms with Gasteiger partial charge in [-0.3, -0.25) is 5.43 Å². The lowest BCUT2D eigenvalue weighted by Gasteiger charge is -2.08. The fraction of sp³-hybridized carbons (Fsp3) is 0.167. The molecule has 0 bridgehead atoms. The third-order valence-corrected chi connectivity index (χ3v) is 2.40. The van der Waals surface area contributed by atoms with Crippen LogP contribution in [0.15, 0.2) is 46.5 Å². The van der Waals surface area contributed by atoms with Crippen LogP contribution in [0.1, 0.15) is 16.7 Å². The van der Waals surface area contributed by atoms with Crippen molar-refractivity contribution in [3.05, 3.63) is 52.9 Å². The van der Waals surface area contributed by atoms with Crippen molar-refractivity contribution in [2.75, 3.05) is 0 Å². The van der Waals surface area contributed by atoms with Crippen molar-refractivity contribution in [1.29, 1.82) is 0 Å². The molecule has 15 heavy (non-hydrogen) atoms. The lowest BCUT2D eigenvalue weighted by molar-refractivity contribution is 0.818. The topological polar surface area (TPSA) is 36.8 Å². The fourth-order valence-corrected chi connectivity index (χ4v) is 1.56. The summed E-state index contributed by atoms with van der Waals surface area (Å²) in [5.74, 6) is 0. The Morgan fingerprint density at radius 1 is 1.20 bits per heavy atom. The smallest absolute Gasteiger partial charge is 0.0601 e. The van der Waals surface area contributed by atoms with Crippen LogP contribution >= 0.6 is 0 Å². The van der Waals surface area contributed by atoms with Gasteiger partial charge in [0.1, 0.15) is 0 Å². The molecule has 0 spiro atoms. The van der Waals surface area contributed by atoms with E-state index in [-0.39, 0.29) is 0 Å². The highest BCUT2D eigenvalue weighted by Crippen LogP contribution is 2.17. The number of aryl methyl sites for hydroxylation is 2. The maximum absolute atomic E-state index is 3.73. The number of hydrogen-bond donors (Lipinski definition) is 1. The molecule has 0 aliphatic carbocycles. The predicted molar refractivity (Wildman–Crippen MR) is 61.0 cm³/mol. The SMILES string of the molecule is Cc1cccc(C)c1C=C1C=CN=NN1. The van der Waals surface area contributed by atoms with E-state index in [2.05, 4.69) is 53.9 Å². The average Bonchev–Trinajstić information content (AvgIpc) is 2.25. The van der Waals surface area contributed by atoms with E-state index in [0.29, 0.717) is 0 Å². The van der Waals surface area contributed by atoms with Crippen LogP contribution in [0.25, 0.3) is 6.08 Å². The molecule has 0 saturated heterocycles. The van der Waals surface area contributed by atoms with Crippen LogP contribution in [-0.2, 0) is 0 Å². The van der Waals surface area contributed by atoms with E-state index in [1.807, 2.05) is 6.08 Å².